The zero-order valence-corrected chi connectivity index (χ0v) is 32.5. The lowest BCUT2D eigenvalue weighted by Gasteiger charge is -2.55. The first-order chi connectivity index (χ1) is 23.3. The Hall–Kier alpha value is -1.25. The zero-order valence-electron chi connectivity index (χ0n) is 32.5. The molecule has 0 aromatic heterocycles. The minimum absolute atomic E-state index is 0.00731. The highest BCUT2D eigenvalue weighted by Crippen LogP contribution is 2.63. The van der Waals surface area contributed by atoms with Crippen LogP contribution in [0.2, 0.25) is 0 Å². The van der Waals surface area contributed by atoms with E-state index in [1.165, 1.54) is 135 Å². The molecule has 0 aliphatic heterocycles. The van der Waals surface area contributed by atoms with Gasteiger partial charge in [0.15, 0.2) is 0 Å². The van der Waals surface area contributed by atoms with Crippen LogP contribution in [-0.2, 0) is 9.47 Å². The molecule has 0 N–H and O–H groups in total. The lowest BCUT2D eigenvalue weighted by atomic mass is 9.50. The lowest BCUT2D eigenvalue weighted by Crippen LogP contribution is -2.48. The van der Waals surface area contributed by atoms with Crippen molar-refractivity contribution in [3.05, 3.63) is 23.8 Å². The molecular formula is C45H78O3. The summed E-state index contributed by atoms with van der Waals surface area (Å²) in [7, 11) is 0. The minimum Gasteiger partial charge on any atom is -0.434 e. The highest BCUT2D eigenvalue weighted by Gasteiger charge is 2.54. The SMILES string of the molecule is CCCCCCCC/C=C\CCCCCCCCOC(=O)O[C@H]1CC[C@@]2(C)C(=CC[C@H]3[C@@H]4CC[C@H]([C@H](C)CCCC(C)C)[C@@H]4CC[C@@H]32)C1. The molecule has 0 aromatic rings. The van der Waals surface area contributed by atoms with E-state index in [0.717, 1.165) is 67.1 Å². The number of rotatable bonds is 22. The van der Waals surface area contributed by atoms with Crippen LogP contribution in [0.25, 0.3) is 0 Å². The summed E-state index contributed by atoms with van der Waals surface area (Å²) in [5.41, 5.74) is 1.90. The van der Waals surface area contributed by atoms with Crippen LogP contribution in [-0.4, -0.2) is 18.9 Å². The number of ether oxygens (including phenoxy) is 2. The molecule has 0 unspecified atom stereocenters. The normalized spacial score (nSPS) is 30.5. The summed E-state index contributed by atoms with van der Waals surface area (Å²) in [5.74, 6) is 6.33. The minimum atomic E-state index is -0.439. The molecule has 48 heavy (non-hydrogen) atoms. The summed E-state index contributed by atoms with van der Waals surface area (Å²) in [4.78, 5) is 12.6. The van der Waals surface area contributed by atoms with Crippen molar-refractivity contribution in [3.63, 3.8) is 0 Å². The van der Waals surface area contributed by atoms with E-state index in [0.29, 0.717) is 12.0 Å². The Morgan fingerprint density at radius 2 is 1.46 bits per heavy atom. The maximum atomic E-state index is 12.6. The second-order valence-electron chi connectivity index (χ2n) is 17.6. The van der Waals surface area contributed by atoms with Gasteiger partial charge < -0.3 is 9.47 Å². The van der Waals surface area contributed by atoms with Gasteiger partial charge in [0, 0.05) is 6.42 Å². The van der Waals surface area contributed by atoms with E-state index in [1.807, 2.05) is 0 Å². The van der Waals surface area contributed by atoms with Crippen LogP contribution in [0.4, 0.5) is 4.79 Å². The van der Waals surface area contributed by atoms with Gasteiger partial charge in [-0.1, -0.05) is 135 Å². The Kier molecular flexibility index (Phi) is 17.5. The molecule has 0 heterocycles. The fourth-order valence-corrected chi connectivity index (χ4v) is 10.9. The van der Waals surface area contributed by atoms with Gasteiger partial charge in [-0.05, 0) is 124 Å². The first-order valence-corrected chi connectivity index (χ1v) is 21.5. The molecule has 4 aliphatic carbocycles. The third kappa shape index (κ3) is 11.9. The Bertz CT molecular complexity index is 965. The van der Waals surface area contributed by atoms with Crippen molar-refractivity contribution in [1.82, 2.24) is 0 Å². The molecule has 8 atom stereocenters. The van der Waals surface area contributed by atoms with Crippen LogP contribution < -0.4 is 0 Å². The Morgan fingerprint density at radius 1 is 0.792 bits per heavy atom. The third-order valence-electron chi connectivity index (χ3n) is 13.7. The van der Waals surface area contributed by atoms with Crippen molar-refractivity contribution >= 4 is 6.16 Å². The highest BCUT2D eigenvalue weighted by atomic mass is 16.7. The number of carbonyl (C=O) groups excluding carboxylic acids is 1. The molecule has 3 saturated carbocycles. The average Bonchev–Trinajstić information content (AvgIpc) is 3.51. The van der Waals surface area contributed by atoms with Gasteiger partial charge in [-0.25, -0.2) is 4.79 Å². The van der Waals surface area contributed by atoms with Crippen LogP contribution in [0, 0.1) is 46.8 Å². The van der Waals surface area contributed by atoms with Gasteiger partial charge in [0.1, 0.15) is 6.10 Å². The zero-order chi connectivity index (χ0) is 34.2. The lowest BCUT2D eigenvalue weighted by molar-refractivity contribution is -0.0303. The second kappa shape index (κ2) is 21.2. The van der Waals surface area contributed by atoms with E-state index >= 15 is 0 Å². The van der Waals surface area contributed by atoms with E-state index in [1.54, 1.807) is 5.57 Å². The number of hydrogen-bond donors (Lipinski definition) is 0. The molecule has 0 radical (unpaired) electrons. The first kappa shape index (κ1) is 39.5. The van der Waals surface area contributed by atoms with E-state index < -0.39 is 6.16 Å². The van der Waals surface area contributed by atoms with Gasteiger partial charge in [0.05, 0.1) is 6.61 Å². The van der Waals surface area contributed by atoms with Crippen LogP contribution in [0.3, 0.4) is 0 Å². The predicted octanol–water partition coefficient (Wildman–Crippen LogP) is 14.2. The summed E-state index contributed by atoms with van der Waals surface area (Å²) in [6, 6.07) is 0. The summed E-state index contributed by atoms with van der Waals surface area (Å²) >= 11 is 0. The van der Waals surface area contributed by atoms with Crippen molar-refractivity contribution < 1.29 is 14.3 Å². The standard InChI is InChI=1S/C45H78O3/c1-6-7-8-9-10-11-12-13-14-15-16-17-18-19-20-21-33-47-44(46)48-38-31-32-45(5)37(34-38)25-26-42-41-28-27-39(40(41)29-30-43(42)45)36(4)24-22-23-35(2)3/h13-14,25,35-36,38-43H,6-12,15-24,26-34H2,1-5H3/b14-13-/t36-,38+,39-,40+,41-,42+,43+,45+/m1/s1. The quantitative estimate of drug-likeness (QED) is 0.0655. The third-order valence-corrected chi connectivity index (χ3v) is 13.7. The molecule has 0 saturated heterocycles. The maximum absolute atomic E-state index is 12.6. The van der Waals surface area contributed by atoms with Crippen LogP contribution in [0.5, 0.6) is 0 Å². The number of carbonyl (C=O) groups is 1. The second-order valence-corrected chi connectivity index (χ2v) is 17.6. The van der Waals surface area contributed by atoms with Gasteiger partial charge in [-0.3, -0.25) is 0 Å². The smallest absolute Gasteiger partial charge is 0.434 e. The Morgan fingerprint density at radius 3 is 2.17 bits per heavy atom. The maximum Gasteiger partial charge on any atom is 0.508 e. The molecule has 276 valence electrons. The van der Waals surface area contributed by atoms with E-state index in [-0.39, 0.29) is 6.10 Å². The first-order valence-electron chi connectivity index (χ1n) is 21.5. The van der Waals surface area contributed by atoms with Crippen molar-refractivity contribution in [1.29, 1.82) is 0 Å². The summed E-state index contributed by atoms with van der Waals surface area (Å²) in [6.07, 6.45) is 39.3. The number of hydrogen-bond acceptors (Lipinski definition) is 3. The fourth-order valence-electron chi connectivity index (χ4n) is 10.9. The van der Waals surface area contributed by atoms with Gasteiger partial charge in [-0.15, -0.1) is 0 Å². The van der Waals surface area contributed by atoms with Gasteiger partial charge in [-0.2, -0.15) is 0 Å². The van der Waals surface area contributed by atoms with E-state index in [4.69, 9.17) is 9.47 Å². The largest absolute Gasteiger partial charge is 0.508 e. The summed E-state index contributed by atoms with van der Waals surface area (Å²) < 4.78 is 11.4. The Labute approximate surface area is 298 Å². The number of fused-ring (bicyclic) bond motifs is 5. The monoisotopic (exact) mass is 667 g/mol. The molecule has 3 heteroatoms. The molecule has 4 rings (SSSR count). The van der Waals surface area contributed by atoms with Gasteiger partial charge in [0.25, 0.3) is 0 Å². The molecule has 3 fully saturated rings. The molecule has 0 bridgehead atoms. The molecule has 0 amide bonds. The fraction of sp³-hybridized carbons (Fsp3) is 0.889. The van der Waals surface area contributed by atoms with Gasteiger partial charge >= 0.3 is 6.16 Å². The molecule has 0 aromatic carbocycles. The predicted molar refractivity (Wildman–Crippen MR) is 204 cm³/mol. The molecular weight excluding hydrogens is 588 g/mol. The average molecular weight is 667 g/mol. The molecule has 0 spiro atoms. The summed E-state index contributed by atoms with van der Waals surface area (Å²) in [6.45, 7) is 12.7. The van der Waals surface area contributed by atoms with E-state index in [2.05, 4.69) is 52.8 Å². The van der Waals surface area contributed by atoms with E-state index in [9.17, 15) is 4.79 Å². The van der Waals surface area contributed by atoms with Crippen molar-refractivity contribution in [2.75, 3.05) is 6.61 Å². The van der Waals surface area contributed by atoms with Crippen LogP contribution in [0.1, 0.15) is 195 Å². The van der Waals surface area contributed by atoms with Crippen molar-refractivity contribution in [3.8, 4) is 0 Å². The topological polar surface area (TPSA) is 35.5 Å². The van der Waals surface area contributed by atoms with Crippen molar-refractivity contribution in [2.24, 2.45) is 46.8 Å². The van der Waals surface area contributed by atoms with Crippen molar-refractivity contribution in [2.45, 2.75) is 201 Å². The van der Waals surface area contributed by atoms with Crippen LogP contribution >= 0.6 is 0 Å². The molecule has 4 aliphatic rings. The Balaban J connectivity index is 1.06. The molecule has 3 nitrogen and oxygen atoms in total. The number of unbranched alkanes of at least 4 members (excludes halogenated alkanes) is 12. The van der Waals surface area contributed by atoms with Gasteiger partial charge in [0.2, 0.25) is 0 Å². The van der Waals surface area contributed by atoms with Crippen LogP contribution in [0.15, 0.2) is 23.8 Å². The number of allylic oxidation sites excluding steroid dienone is 3. The highest BCUT2D eigenvalue weighted by molar-refractivity contribution is 5.60. The summed E-state index contributed by atoms with van der Waals surface area (Å²) in [5, 5.41) is 0.